The second-order valence-corrected chi connectivity index (χ2v) is 6.96. The minimum atomic E-state index is -0.245. The van der Waals surface area contributed by atoms with Crippen molar-refractivity contribution < 1.29 is 9.90 Å². The standard InChI is InChI=1S/C16H23ClN2O2S/c17-15-5-2-1-4-13(15)12-22-11-3-8-18-16(21)19-9-6-14(20)7-10-19/h1-2,4-5,14,20H,3,6-12H2,(H,18,21). The lowest BCUT2D eigenvalue weighted by Gasteiger charge is -2.29. The maximum Gasteiger partial charge on any atom is 0.317 e. The van der Waals surface area contributed by atoms with Gasteiger partial charge in [-0.25, -0.2) is 4.79 Å². The smallest absolute Gasteiger partial charge is 0.317 e. The van der Waals surface area contributed by atoms with Crippen LogP contribution >= 0.6 is 23.4 Å². The van der Waals surface area contributed by atoms with Gasteiger partial charge in [-0.3, -0.25) is 0 Å². The summed E-state index contributed by atoms with van der Waals surface area (Å²) in [5.41, 5.74) is 1.16. The topological polar surface area (TPSA) is 52.6 Å². The molecule has 1 aliphatic rings. The maximum atomic E-state index is 11.9. The quantitative estimate of drug-likeness (QED) is 0.781. The van der Waals surface area contributed by atoms with Crippen molar-refractivity contribution in [1.82, 2.24) is 10.2 Å². The van der Waals surface area contributed by atoms with E-state index in [2.05, 4.69) is 5.32 Å². The SMILES string of the molecule is O=C(NCCCSCc1ccccc1Cl)N1CCC(O)CC1. The molecule has 0 saturated carbocycles. The van der Waals surface area contributed by atoms with Gasteiger partial charge in [0.15, 0.2) is 0 Å². The number of nitrogens with one attached hydrogen (secondary N) is 1. The Kier molecular flexibility index (Phi) is 7.36. The largest absolute Gasteiger partial charge is 0.393 e. The lowest BCUT2D eigenvalue weighted by molar-refractivity contribution is 0.0937. The first-order chi connectivity index (χ1) is 10.7. The van der Waals surface area contributed by atoms with Gasteiger partial charge in [0.05, 0.1) is 6.10 Å². The van der Waals surface area contributed by atoms with E-state index in [1.165, 1.54) is 0 Å². The van der Waals surface area contributed by atoms with E-state index >= 15 is 0 Å². The highest BCUT2D eigenvalue weighted by atomic mass is 35.5. The number of amides is 2. The number of halogens is 1. The molecule has 0 spiro atoms. The Morgan fingerprint density at radius 2 is 2.09 bits per heavy atom. The predicted octanol–water partition coefficient (Wildman–Crippen LogP) is 3.13. The van der Waals surface area contributed by atoms with Gasteiger partial charge in [0.1, 0.15) is 0 Å². The zero-order valence-corrected chi connectivity index (χ0v) is 14.2. The summed E-state index contributed by atoms with van der Waals surface area (Å²) in [7, 11) is 0. The summed E-state index contributed by atoms with van der Waals surface area (Å²) in [6.07, 6.45) is 2.06. The zero-order chi connectivity index (χ0) is 15.8. The van der Waals surface area contributed by atoms with Crippen LogP contribution in [0.4, 0.5) is 4.79 Å². The number of hydrogen-bond acceptors (Lipinski definition) is 3. The van der Waals surface area contributed by atoms with Crippen molar-refractivity contribution in [2.45, 2.75) is 31.1 Å². The van der Waals surface area contributed by atoms with Crippen LogP contribution in [0, 0.1) is 0 Å². The minimum Gasteiger partial charge on any atom is -0.393 e. The Morgan fingerprint density at radius 1 is 1.36 bits per heavy atom. The number of rotatable bonds is 6. The van der Waals surface area contributed by atoms with Crippen molar-refractivity contribution in [2.75, 3.05) is 25.4 Å². The molecule has 2 amide bonds. The van der Waals surface area contributed by atoms with Gasteiger partial charge in [0, 0.05) is 30.4 Å². The summed E-state index contributed by atoms with van der Waals surface area (Å²) in [6.45, 7) is 1.98. The van der Waals surface area contributed by atoms with Gasteiger partial charge in [0.2, 0.25) is 0 Å². The van der Waals surface area contributed by atoms with E-state index in [0.29, 0.717) is 32.5 Å². The molecule has 1 saturated heterocycles. The van der Waals surface area contributed by atoms with Crippen LogP contribution in [-0.2, 0) is 5.75 Å². The van der Waals surface area contributed by atoms with Crippen LogP contribution in [0.2, 0.25) is 5.02 Å². The molecule has 1 aliphatic heterocycles. The fraction of sp³-hybridized carbons (Fsp3) is 0.562. The highest BCUT2D eigenvalue weighted by Gasteiger charge is 2.20. The molecular weight excluding hydrogens is 320 g/mol. The molecule has 0 aromatic heterocycles. The highest BCUT2D eigenvalue weighted by molar-refractivity contribution is 7.98. The van der Waals surface area contributed by atoms with Crippen LogP contribution in [0.1, 0.15) is 24.8 Å². The van der Waals surface area contributed by atoms with Crippen LogP contribution in [0.25, 0.3) is 0 Å². The zero-order valence-electron chi connectivity index (χ0n) is 12.6. The molecule has 0 bridgehead atoms. The summed E-state index contributed by atoms with van der Waals surface area (Å²) in [6, 6.07) is 7.88. The molecule has 122 valence electrons. The van der Waals surface area contributed by atoms with Crippen LogP contribution in [0.5, 0.6) is 0 Å². The Labute approximate surface area is 141 Å². The molecule has 6 heteroatoms. The van der Waals surface area contributed by atoms with E-state index in [0.717, 1.165) is 28.5 Å². The lowest BCUT2D eigenvalue weighted by atomic mass is 10.1. The predicted molar refractivity (Wildman–Crippen MR) is 92.4 cm³/mol. The molecule has 22 heavy (non-hydrogen) atoms. The molecule has 1 aromatic carbocycles. The number of nitrogens with zero attached hydrogens (tertiary/aromatic N) is 1. The summed E-state index contributed by atoms with van der Waals surface area (Å²) >= 11 is 7.93. The van der Waals surface area contributed by atoms with E-state index in [9.17, 15) is 9.90 Å². The Balaban J connectivity index is 1.54. The van der Waals surface area contributed by atoms with E-state index in [1.807, 2.05) is 36.0 Å². The molecule has 1 fully saturated rings. The minimum absolute atomic E-state index is 0.0111. The van der Waals surface area contributed by atoms with Crippen LogP contribution < -0.4 is 5.32 Å². The molecule has 0 atom stereocenters. The van der Waals surface area contributed by atoms with Crippen LogP contribution in [0.15, 0.2) is 24.3 Å². The third-order valence-electron chi connectivity index (χ3n) is 3.71. The van der Waals surface area contributed by atoms with Gasteiger partial charge < -0.3 is 15.3 Å². The maximum absolute atomic E-state index is 11.9. The normalized spacial score (nSPS) is 15.8. The van der Waals surface area contributed by atoms with E-state index in [1.54, 1.807) is 4.90 Å². The fourth-order valence-electron chi connectivity index (χ4n) is 2.35. The molecule has 0 radical (unpaired) electrons. The van der Waals surface area contributed by atoms with E-state index in [4.69, 9.17) is 11.6 Å². The first kappa shape index (κ1) is 17.4. The molecule has 1 aromatic rings. The van der Waals surface area contributed by atoms with Crippen molar-refractivity contribution in [3.05, 3.63) is 34.9 Å². The summed E-state index contributed by atoms with van der Waals surface area (Å²) in [4.78, 5) is 13.7. The third kappa shape index (κ3) is 5.71. The highest BCUT2D eigenvalue weighted by Crippen LogP contribution is 2.20. The molecule has 0 aliphatic carbocycles. The summed E-state index contributed by atoms with van der Waals surface area (Å²) in [5, 5.41) is 13.2. The van der Waals surface area contributed by atoms with Crippen LogP contribution in [0.3, 0.4) is 0 Å². The Morgan fingerprint density at radius 3 is 2.82 bits per heavy atom. The first-order valence-corrected chi connectivity index (χ1v) is 9.22. The third-order valence-corrected chi connectivity index (χ3v) is 5.17. The number of urea groups is 1. The lowest BCUT2D eigenvalue weighted by Crippen LogP contribution is -2.45. The van der Waals surface area contributed by atoms with E-state index in [-0.39, 0.29) is 12.1 Å². The molecule has 2 N–H and O–H groups in total. The van der Waals surface area contributed by atoms with Gasteiger partial charge in [-0.2, -0.15) is 11.8 Å². The van der Waals surface area contributed by atoms with Gasteiger partial charge in [0.25, 0.3) is 0 Å². The van der Waals surface area contributed by atoms with Crippen molar-refractivity contribution in [2.24, 2.45) is 0 Å². The summed E-state index contributed by atoms with van der Waals surface area (Å²) < 4.78 is 0. The number of piperidine rings is 1. The molecular formula is C16H23ClN2O2S. The number of likely N-dealkylation sites (tertiary alicyclic amines) is 1. The average Bonchev–Trinajstić information content (AvgIpc) is 2.53. The second-order valence-electron chi connectivity index (χ2n) is 5.45. The molecule has 2 rings (SSSR count). The molecule has 1 heterocycles. The van der Waals surface area contributed by atoms with Crippen molar-refractivity contribution in [3.8, 4) is 0 Å². The number of benzene rings is 1. The van der Waals surface area contributed by atoms with Crippen molar-refractivity contribution in [3.63, 3.8) is 0 Å². The summed E-state index contributed by atoms with van der Waals surface area (Å²) in [5.74, 6) is 1.89. The number of thioether (sulfide) groups is 1. The molecule has 4 nitrogen and oxygen atoms in total. The number of aliphatic hydroxyl groups excluding tert-OH is 1. The Hall–Kier alpha value is -0.910. The van der Waals surface area contributed by atoms with Crippen molar-refractivity contribution >= 4 is 29.4 Å². The van der Waals surface area contributed by atoms with Gasteiger partial charge in [-0.15, -0.1) is 0 Å². The van der Waals surface area contributed by atoms with Gasteiger partial charge >= 0.3 is 6.03 Å². The molecule has 0 unspecified atom stereocenters. The Bertz CT molecular complexity index is 479. The van der Waals surface area contributed by atoms with Crippen LogP contribution in [-0.4, -0.2) is 47.5 Å². The second kappa shape index (κ2) is 9.28. The number of carbonyl (C=O) groups excluding carboxylic acids is 1. The number of carbonyl (C=O) groups is 1. The average molecular weight is 343 g/mol. The van der Waals surface area contributed by atoms with Gasteiger partial charge in [-0.1, -0.05) is 29.8 Å². The number of hydrogen-bond donors (Lipinski definition) is 2. The first-order valence-electron chi connectivity index (χ1n) is 7.69. The van der Waals surface area contributed by atoms with Gasteiger partial charge in [-0.05, 0) is 36.6 Å². The van der Waals surface area contributed by atoms with E-state index < -0.39 is 0 Å². The monoisotopic (exact) mass is 342 g/mol. The fourth-order valence-corrected chi connectivity index (χ4v) is 3.59. The van der Waals surface area contributed by atoms with Crippen molar-refractivity contribution in [1.29, 1.82) is 0 Å². The number of aliphatic hydroxyl groups is 1.